The van der Waals surface area contributed by atoms with E-state index < -0.39 is 15.6 Å². The van der Waals surface area contributed by atoms with Gasteiger partial charge in [-0.2, -0.15) is 4.31 Å². The first-order valence-corrected chi connectivity index (χ1v) is 9.52. The van der Waals surface area contributed by atoms with E-state index in [1.54, 1.807) is 22.5 Å². The van der Waals surface area contributed by atoms with Crippen LogP contribution in [0.4, 0.5) is 0 Å². The minimum Gasteiger partial charge on any atom is -0.350 e. The van der Waals surface area contributed by atoms with Gasteiger partial charge in [-0.05, 0) is 43.4 Å². The van der Waals surface area contributed by atoms with Crippen LogP contribution in [-0.4, -0.2) is 37.3 Å². The van der Waals surface area contributed by atoms with Crippen molar-refractivity contribution in [3.63, 3.8) is 0 Å². The predicted molar refractivity (Wildman–Crippen MR) is 87.1 cm³/mol. The summed E-state index contributed by atoms with van der Waals surface area (Å²) < 4.78 is 26.9. The molecule has 1 aliphatic carbocycles. The Morgan fingerprint density at radius 2 is 1.91 bits per heavy atom. The predicted octanol–water partition coefficient (Wildman–Crippen LogP) is 0.969. The summed E-state index contributed by atoms with van der Waals surface area (Å²) in [6.45, 7) is 1.46. The fourth-order valence-electron chi connectivity index (χ4n) is 2.79. The maximum atomic E-state index is 12.7. The Balaban J connectivity index is 1.70. The Hall–Kier alpha value is -1.44. The molecule has 0 bridgehead atoms. The molecule has 126 valence electrons. The van der Waals surface area contributed by atoms with Gasteiger partial charge < -0.3 is 11.1 Å². The van der Waals surface area contributed by atoms with Crippen LogP contribution in [0.25, 0.3) is 0 Å². The Labute approximate surface area is 137 Å². The van der Waals surface area contributed by atoms with Crippen molar-refractivity contribution in [1.82, 2.24) is 9.62 Å². The number of carbonyl (C=O) groups excluding carboxylic acids is 1. The molecule has 0 atom stereocenters. The number of piperidine rings is 1. The molecule has 0 spiro atoms. The average Bonchev–Trinajstić information content (AvgIpc) is 3.33. The Morgan fingerprint density at radius 3 is 2.57 bits per heavy atom. The highest BCUT2D eigenvalue weighted by Crippen LogP contribution is 2.32. The lowest BCUT2D eigenvalue weighted by molar-refractivity contribution is -0.123. The Morgan fingerprint density at radius 1 is 1.22 bits per heavy atom. The first-order valence-electron chi connectivity index (χ1n) is 8.08. The monoisotopic (exact) mass is 337 g/mol. The van der Waals surface area contributed by atoms with Crippen LogP contribution in [0.3, 0.4) is 0 Å². The molecule has 1 amide bonds. The second kappa shape index (κ2) is 6.22. The third-order valence-electron chi connectivity index (χ3n) is 4.55. The summed E-state index contributed by atoms with van der Waals surface area (Å²) in [7, 11) is -3.44. The molecule has 0 radical (unpaired) electrons. The van der Waals surface area contributed by atoms with Crippen molar-refractivity contribution in [3.05, 3.63) is 29.8 Å². The van der Waals surface area contributed by atoms with Gasteiger partial charge in [-0.25, -0.2) is 8.42 Å². The Kier molecular flexibility index (Phi) is 4.44. The van der Waals surface area contributed by atoms with Crippen LogP contribution in [0.5, 0.6) is 0 Å². The highest BCUT2D eigenvalue weighted by atomic mass is 32.2. The Bertz CT molecular complexity index is 692. The lowest BCUT2D eigenvalue weighted by Gasteiger charge is -2.26. The van der Waals surface area contributed by atoms with Crippen LogP contribution >= 0.6 is 0 Å². The highest BCUT2D eigenvalue weighted by molar-refractivity contribution is 7.89. The minimum absolute atomic E-state index is 0.165. The number of hydrogen-bond donors (Lipinski definition) is 2. The van der Waals surface area contributed by atoms with Crippen molar-refractivity contribution >= 4 is 15.9 Å². The minimum atomic E-state index is -3.44. The maximum absolute atomic E-state index is 12.7. The largest absolute Gasteiger partial charge is 0.350 e. The highest BCUT2D eigenvalue weighted by Gasteiger charge is 2.45. The van der Waals surface area contributed by atoms with E-state index in [1.165, 1.54) is 0 Å². The zero-order valence-electron chi connectivity index (χ0n) is 13.1. The van der Waals surface area contributed by atoms with Gasteiger partial charge in [0.2, 0.25) is 15.9 Å². The third kappa shape index (κ3) is 3.57. The fraction of sp³-hybridized carbons (Fsp3) is 0.562. The van der Waals surface area contributed by atoms with E-state index in [4.69, 9.17) is 5.73 Å². The summed E-state index contributed by atoms with van der Waals surface area (Å²) >= 11 is 0. The van der Waals surface area contributed by atoms with E-state index in [0.717, 1.165) is 24.8 Å². The maximum Gasteiger partial charge on any atom is 0.243 e. The number of rotatable bonds is 5. The molecule has 23 heavy (non-hydrogen) atoms. The van der Waals surface area contributed by atoms with Gasteiger partial charge in [0.25, 0.3) is 0 Å². The number of nitrogens with one attached hydrogen (secondary N) is 1. The van der Waals surface area contributed by atoms with Crippen molar-refractivity contribution in [2.75, 3.05) is 13.1 Å². The molecule has 6 nitrogen and oxygen atoms in total. The van der Waals surface area contributed by atoms with Gasteiger partial charge in [0, 0.05) is 19.6 Å². The van der Waals surface area contributed by atoms with E-state index in [1.807, 2.05) is 6.07 Å². The van der Waals surface area contributed by atoms with Crippen LogP contribution in [0, 0.1) is 0 Å². The van der Waals surface area contributed by atoms with Crippen molar-refractivity contribution in [2.24, 2.45) is 5.73 Å². The average molecular weight is 337 g/mol. The molecule has 1 heterocycles. The second-order valence-electron chi connectivity index (χ2n) is 6.45. The molecule has 1 aliphatic heterocycles. The number of nitrogens with zero attached hydrogens (tertiary/aromatic N) is 1. The van der Waals surface area contributed by atoms with E-state index in [9.17, 15) is 13.2 Å². The molecule has 1 aromatic rings. The van der Waals surface area contributed by atoms with Gasteiger partial charge in [-0.3, -0.25) is 4.79 Å². The van der Waals surface area contributed by atoms with Crippen molar-refractivity contribution in [2.45, 2.75) is 49.1 Å². The normalized spacial score (nSPS) is 20.9. The third-order valence-corrected chi connectivity index (χ3v) is 6.44. The van der Waals surface area contributed by atoms with Crippen LogP contribution in [0.2, 0.25) is 0 Å². The molecule has 0 aromatic heterocycles. The van der Waals surface area contributed by atoms with Crippen molar-refractivity contribution in [1.29, 1.82) is 0 Å². The standard InChI is InChI=1S/C16H23N3O3S/c17-16(7-8-16)15(20)18-12-13-5-4-6-14(11-13)23(21,22)19-9-2-1-3-10-19/h4-6,11H,1-3,7-10,12,17H2,(H,18,20). The summed E-state index contributed by atoms with van der Waals surface area (Å²) in [6, 6.07) is 6.78. The summed E-state index contributed by atoms with van der Waals surface area (Å²) in [5.41, 5.74) is 5.89. The van der Waals surface area contributed by atoms with E-state index >= 15 is 0 Å². The first kappa shape index (κ1) is 16.4. The molecule has 2 aliphatic rings. The van der Waals surface area contributed by atoms with Crippen LogP contribution in [-0.2, 0) is 21.4 Å². The molecule has 3 N–H and O–H groups in total. The summed E-state index contributed by atoms with van der Waals surface area (Å²) in [6.07, 6.45) is 4.32. The topological polar surface area (TPSA) is 92.5 Å². The number of nitrogens with two attached hydrogens (primary N) is 1. The quantitative estimate of drug-likeness (QED) is 0.837. The summed E-state index contributed by atoms with van der Waals surface area (Å²) in [4.78, 5) is 12.2. The molecular formula is C16H23N3O3S. The molecule has 1 saturated heterocycles. The van der Waals surface area contributed by atoms with Gasteiger partial charge in [0.1, 0.15) is 0 Å². The number of benzene rings is 1. The number of amides is 1. The molecule has 7 heteroatoms. The van der Waals surface area contributed by atoms with E-state index in [-0.39, 0.29) is 5.91 Å². The molecule has 1 aromatic carbocycles. The zero-order valence-corrected chi connectivity index (χ0v) is 13.9. The molecular weight excluding hydrogens is 314 g/mol. The number of sulfonamides is 1. The van der Waals surface area contributed by atoms with Crippen LogP contribution in [0.15, 0.2) is 29.2 Å². The first-order chi connectivity index (χ1) is 10.9. The summed E-state index contributed by atoms with van der Waals surface area (Å²) in [5, 5.41) is 2.79. The van der Waals surface area contributed by atoms with Gasteiger partial charge in [0.15, 0.2) is 0 Å². The molecule has 0 unspecified atom stereocenters. The van der Waals surface area contributed by atoms with Gasteiger partial charge in [-0.15, -0.1) is 0 Å². The van der Waals surface area contributed by atoms with Gasteiger partial charge >= 0.3 is 0 Å². The lowest BCUT2D eigenvalue weighted by Crippen LogP contribution is -2.42. The number of carbonyl (C=O) groups is 1. The van der Waals surface area contributed by atoms with Gasteiger partial charge in [0.05, 0.1) is 10.4 Å². The molecule has 3 rings (SSSR count). The zero-order chi connectivity index (χ0) is 16.5. The lowest BCUT2D eigenvalue weighted by atomic mass is 10.2. The van der Waals surface area contributed by atoms with Crippen LogP contribution in [0.1, 0.15) is 37.7 Å². The SMILES string of the molecule is NC1(C(=O)NCc2cccc(S(=O)(=O)N3CCCCC3)c2)CC1. The summed E-state index contributed by atoms with van der Waals surface area (Å²) in [5.74, 6) is -0.165. The van der Waals surface area contributed by atoms with Gasteiger partial charge in [-0.1, -0.05) is 18.6 Å². The molecule has 2 fully saturated rings. The van der Waals surface area contributed by atoms with E-state index in [2.05, 4.69) is 5.32 Å². The number of hydrogen-bond acceptors (Lipinski definition) is 4. The van der Waals surface area contributed by atoms with Crippen molar-refractivity contribution in [3.8, 4) is 0 Å². The smallest absolute Gasteiger partial charge is 0.243 e. The van der Waals surface area contributed by atoms with E-state index in [0.29, 0.717) is 37.4 Å². The second-order valence-corrected chi connectivity index (χ2v) is 8.39. The molecule has 1 saturated carbocycles. The fourth-order valence-corrected chi connectivity index (χ4v) is 4.38. The van der Waals surface area contributed by atoms with Crippen LogP contribution < -0.4 is 11.1 Å². The van der Waals surface area contributed by atoms with Crippen molar-refractivity contribution < 1.29 is 13.2 Å².